The van der Waals surface area contributed by atoms with Crippen LogP contribution in [0.5, 0.6) is 0 Å². The third-order valence-electron chi connectivity index (χ3n) is 2.27. The lowest BCUT2D eigenvalue weighted by Crippen LogP contribution is -2.07. The van der Waals surface area contributed by atoms with Gasteiger partial charge in [-0.2, -0.15) is 0 Å². The first kappa shape index (κ1) is 13.8. The molecule has 1 rings (SSSR count). The summed E-state index contributed by atoms with van der Waals surface area (Å²) in [6, 6.07) is 3.34. The van der Waals surface area contributed by atoms with E-state index in [9.17, 15) is 4.79 Å². The smallest absolute Gasteiger partial charge is 0.162 e. The summed E-state index contributed by atoms with van der Waals surface area (Å²) in [5.41, 5.74) is 15.8. The van der Waals surface area contributed by atoms with Gasteiger partial charge in [-0.1, -0.05) is 0 Å². The summed E-state index contributed by atoms with van der Waals surface area (Å²) < 4.78 is 0.708. The third kappa shape index (κ3) is 2.89. The summed E-state index contributed by atoms with van der Waals surface area (Å²) in [4.78, 5) is 11.5. The van der Waals surface area contributed by atoms with E-state index in [0.717, 1.165) is 0 Å². The molecule has 0 aliphatic heterocycles. The molecule has 0 aliphatic carbocycles. The van der Waals surface area contributed by atoms with E-state index < -0.39 is 0 Å². The molecule has 0 unspecified atom stereocenters. The monoisotopic (exact) mass is 347 g/mol. The number of rotatable bonds is 3. The van der Waals surface area contributed by atoms with E-state index >= 15 is 0 Å². The topological polar surface area (TPSA) is 101 Å². The summed E-state index contributed by atoms with van der Waals surface area (Å²) in [5, 5.41) is 8.91. The van der Waals surface area contributed by atoms with Crippen molar-refractivity contribution in [2.45, 2.75) is 13.8 Å². The van der Waals surface area contributed by atoms with Gasteiger partial charge in [0.1, 0.15) is 0 Å². The van der Waals surface area contributed by atoms with Crippen LogP contribution in [0.2, 0.25) is 0 Å². The van der Waals surface area contributed by atoms with E-state index in [1.54, 1.807) is 19.1 Å². The highest BCUT2D eigenvalue weighted by atomic mass is 127. The lowest BCUT2D eigenvalue weighted by atomic mass is 10.00. The van der Waals surface area contributed by atoms with Crippen LogP contribution < -0.4 is 16.9 Å². The van der Waals surface area contributed by atoms with Gasteiger partial charge in [0, 0.05) is 14.8 Å². The van der Waals surface area contributed by atoms with Gasteiger partial charge in [0.05, 0.1) is 11.4 Å². The maximum absolute atomic E-state index is 11.5. The number of nitrogen functional groups attached to an aromatic ring is 1. The van der Waals surface area contributed by atoms with Gasteiger partial charge in [0.25, 0.3) is 0 Å². The third-order valence-corrected chi connectivity index (χ3v) is 3.12. The van der Waals surface area contributed by atoms with E-state index in [4.69, 9.17) is 16.7 Å². The normalized spacial score (nSPS) is 12.0. The lowest BCUT2D eigenvalue weighted by molar-refractivity contribution is -0.111. The van der Waals surface area contributed by atoms with Crippen molar-refractivity contribution in [2.24, 2.45) is 5.73 Å². The summed E-state index contributed by atoms with van der Waals surface area (Å²) in [7, 11) is 0. The standard InChI is InChI=1S/C11H14IN3O2/c1-5(13)10(6(2)16)7-3-8(12)11(15-17)9(14)4-7/h3-4,15,17H,13-14H2,1-2H3. The first-order valence-corrected chi connectivity index (χ1v) is 5.93. The number of hydrogen-bond acceptors (Lipinski definition) is 5. The van der Waals surface area contributed by atoms with Gasteiger partial charge in [-0.05, 0) is 54.1 Å². The maximum atomic E-state index is 11.5. The highest BCUT2D eigenvalue weighted by molar-refractivity contribution is 14.1. The summed E-state index contributed by atoms with van der Waals surface area (Å²) in [6.07, 6.45) is 0. The number of Topliss-reactive ketones (excluding diaryl/α,β-unsaturated/α-hetero) is 1. The Morgan fingerprint density at radius 2 is 2.00 bits per heavy atom. The zero-order valence-corrected chi connectivity index (χ0v) is 11.7. The Kier molecular flexibility index (Phi) is 4.35. The van der Waals surface area contributed by atoms with E-state index in [-0.39, 0.29) is 5.78 Å². The number of benzene rings is 1. The van der Waals surface area contributed by atoms with Crippen LogP contribution in [0.1, 0.15) is 19.4 Å². The molecule has 0 bridgehead atoms. The zero-order valence-electron chi connectivity index (χ0n) is 9.54. The number of allylic oxidation sites excluding steroid dienone is 2. The molecule has 0 heterocycles. The Morgan fingerprint density at radius 3 is 2.35 bits per heavy atom. The van der Waals surface area contributed by atoms with Gasteiger partial charge in [0.2, 0.25) is 0 Å². The van der Waals surface area contributed by atoms with Crippen molar-refractivity contribution in [3.8, 4) is 0 Å². The van der Waals surface area contributed by atoms with Crippen molar-refractivity contribution in [1.82, 2.24) is 0 Å². The van der Waals surface area contributed by atoms with E-state index in [2.05, 4.69) is 0 Å². The molecule has 17 heavy (non-hydrogen) atoms. The molecule has 1 aromatic rings. The molecule has 0 amide bonds. The van der Waals surface area contributed by atoms with Crippen LogP contribution in [0.15, 0.2) is 17.8 Å². The van der Waals surface area contributed by atoms with Crippen molar-refractivity contribution in [3.05, 3.63) is 27.0 Å². The fourth-order valence-corrected chi connectivity index (χ4v) is 2.37. The molecule has 0 saturated heterocycles. The van der Waals surface area contributed by atoms with Gasteiger partial charge < -0.3 is 11.5 Å². The van der Waals surface area contributed by atoms with Gasteiger partial charge in [0.15, 0.2) is 5.78 Å². The van der Waals surface area contributed by atoms with Crippen LogP contribution in [-0.4, -0.2) is 11.0 Å². The molecule has 5 nitrogen and oxygen atoms in total. The fraction of sp³-hybridized carbons (Fsp3) is 0.182. The van der Waals surface area contributed by atoms with Gasteiger partial charge >= 0.3 is 0 Å². The molecule has 0 aromatic heterocycles. The largest absolute Gasteiger partial charge is 0.402 e. The summed E-state index contributed by atoms with van der Waals surface area (Å²) in [6.45, 7) is 3.12. The molecule has 0 radical (unpaired) electrons. The quantitative estimate of drug-likeness (QED) is 0.290. The maximum Gasteiger partial charge on any atom is 0.162 e. The van der Waals surface area contributed by atoms with E-state index in [1.165, 1.54) is 6.92 Å². The molecule has 0 aliphatic rings. The first-order chi connectivity index (χ1) is 7.88. The fourth-order valence-electron chi connectivity index (χ4n) is 1.60. The predicted octanol–water partition coefficient (Wildman–Crippen LogP) is 1.95. The second-order valence-electron chi connectivity index (χ2n) is 3.65. The van der Waals surface area contributed by atoms with Crippen molar-refractivity contribution < 1.29 is 10.0 Å². The minimum atomic E-state index is -0.120. The van der Waals surface area contributed by atoms with E-state index in [0.29, 0.717) is 31.8 Å². The lowest BCUT2D eigenvalue weighted by Gasteiger charge is -2.12. The Morgan fingerprint density at radius 1 is 1.41 bits per heavy atom. The Bertz CT molecular complexity index is 470. The molecule has 0 fully saturated rings. The molecular weight excluding hydrogens is 333 g/mol. The number of hydrogen-bond donors (Lipinski definition) is 4. The van der Waals surface area contributed by atoms with Crippen molar-refractivity contribution in [2.75, 3.05) is 11.2 Å². The minimum Gasteiger partial charge on any atom is -0.402 e. The number of ketones is 1. The Labute approximate surface area is 113 Å². The molecule has 1 aromatic carbocycles. The molecule has 0 atom stereocenters. The average Bonchev–Trinajstić information content (AvgIpc) is 2.15. The first-order valence-electron chi connectivity index (χ1n) is 4.85. The molecule has 0 spiro atoms. The van der Waals surface area contributed by atoms with Crippen LogP contribution in [-0.2, 0) is 4.79 Å². The van der Waals surface area contributed by atoms with Gasteiger partial charge in [-0.15, -0.1) is 0 Å². The molecule has 92 valence electrons. The van der Waals surface area contributed by atoms with Crippen LogP contribution in [0.25, 0.3) is 5.57 Å². The van der Waals surface area contributed by atoms with Gasteiger partial charge in [-0.25, -0.2) is 0 Å². The highest BCUT2D eigenvalue weighted by Gasteiger charge is 2.14. The SMILES string of the molecule is CC(=O)C(=C(C)N)c1cc(N)c(NO)c(I)c1. The predicted molar refractivity (Wildman–Crippen MR) is 76.4 cm³/mol. The van der Waals surface area contributed by atoms with E-state index in [1.807, 2.05) is 28.1 Å². The van der Waals surface area contributed by atoms with Crippen molar-refractivity contribution in [3.63, 3.8) is 0 Å². The second kappa shape index (κ2) is 5.37. The Balaban J connectivity index is 3.44. The molecule has 6 heteroatoms. The minimum absolute atomic E-state index is 0.120. The number of anilines is 2. The van der Waals surface area contributed by atoms with Gasteiger partial charge in [-0.3, -0.25) is 15.5 Å². The van der Waals surface area contributed by atoms with Crippen LogP contribution in [0.3, 0.4) is 0 Å². The number of nitrogens with two attached hydrogens (primary N) is 2. The second-order valence-corrected chi connectivity index (χ2v) is 4.81. The number of halogens is 1. The van der Waals surface area contributed by atoms with Crippen LogP contribution in [0, 0.1) is 3.57 Å². The van der Waals surface area contributed by atoms with Crippen molar-refractivity contribution in [1.29, 1.82) is 0 Å². The highest BCUT2D eigenvalue weighted by Crippen LogP contribution is 2.30. The number of nitrogens with one attached hydrogen (secondary N) is 1. The van der Waals surface area contributed by atoms with Crippen LogP contribution in [0.4, 0.5) is 11.4 Å². The summed E-state index contributed by atoms with van der Waals surface area (Å²) >= 11 is 2.01. The number of carbonyl (C=O) groups is 1. The summed E-state index contributed by atoms with van der Waals surface area (Å²) in [5.74, 6) is -0.120. The van der Waals surface area contributed by atoms with Crippen molar-refractivity contribution >= 4 is 45.3 Å². The molecule has 6 N–H and O–H groups in total. The molecular formula is C11H14IN3O2. The average molecular weight is 347 g/mol. The number of carbonyl (C=O) groups excluding carboxylic acids is 1. The molecule has 0 saturated carbocycles. The zero-order chi connectivity index (χ0) is 13.2. The Hall–Kier alpha value is -1.28. The van der Waals surface area contributed by atoms with Crippen LogP contribution >= 0.6 is 22.6 Å².